The van der Waals surface area contributed by atoms with Gasteiger partial charge in [0.05, 0.1) is 5.69 Å². The smallest absolute Gasteiger partial charge is 0.276 e. The van der Waals surface area contributed by atoms with Crippen molar-refractivity contribution in [2.45, 2.75) is 6.92 Å². The molecule has 29 heavy (non-hydrogen) atoms. The molecule has 1 amide bonds. The van der Waals surface area contributed by atoms with Gasteiger partial charge in [-0.15, -0.1) is 0 Å². The normalized spacial score (nSPS) is 10.7. The Bertz CT molecular complexity index is 1230. The number of H-pyrrole nitrogens is 1. The summed E-state index contributed by atoms with van der Waals surface area (Å²) in [6.45, 7) is 1.81. The van der Waals surface area contributed by atoms with Gasteiger partial charge >= 0.3 is 0 Å². The van der Waals surface area contributed by atoms with Crippen LogP contribution >= 0.6 is 0 Å². The molecule has 0 bridgehead atoms. The van der Waals surface area contributed by atoms with Crippen LogP contribution in [0.3, 0.4) is 0 Å². The minimum atomic E-state index is -0.484. The first-order chi connectivity index (χ1) is 14.0. The van der Waals surface area contributed by atoms with E-state index in [1.165, 1.54) is 36.4 Å². The number of benzene rings is 2. The molecule has 9 heteroatoms. The Morgan fingerprint density at radius 2 is 1.76 bits per heavy atom. The Morgan fingerprint density at radius 3 is 2.41 bits per heavy atom. The first kappa shape index (κ1) is 18.2. The van der Waals surface area contributed by atoms with E-state index < -0.39 is 17.3 Å². The predicted octanol–water partition coefficient (Wildman–Crippen LogP) is 2.72. The van der Waals surface area contributed by atoms with Crippen molar-refractivity contribution in [1.82, 2.24) is 25.0 Å². The van der Waals surface area contributed by atoms with E-state index in [0.29, 0.717) is 23.0 Å². The van der Waals surface area contributed by atoms with Crippen LogP contribution in [-0.4, -0.2) is 30.9 Å². The third-order valence-electron chi connectivity index (χ3n) is 4.10. The van der Waals surface area contributed by atoms with E-state index in [9.17, 15) is 14.0 Å². The SMILES string of the molecule is Cc1nc(-c2ccc(NC(=O)c3ccc(=O)n(-c4ccc(F)cc4)n3)cc2)n[nH]1. The molecule has 0 radical (unpaired) electrons. The Morgan fingerprint density at radius 1 is 1.03 bits per heavy atom. The highest BCUT2D eigenvalue weighted by Gasteiger charge is 2.12. The zero-order valence-corrected chi connectivity index (χ0v) is 15.3. The lowest BCUT2D eigenvalue weighted by Crippen LogP contribution is -2.24. The summed E-state index contributed by atoms with van der Waals surface area (Å²) in [6, 6.07) is 14.8. The van der Waals surface area contributed by atoms with E-state index in [-0.39, 0.29) is 5.69 Å². The average Bonchev–Trinajstić information content (AvgIpc) is 3.16. The first-order valence-corrected chi connectivity index (χ1v) is 8.67. The van der Waals surface area contributed by atoms with Gasteiger partial charge in [0.2, 0.25) is 0 Å². The van der Waals surface area contributed by atoms with Crippen molar-refractivity contribution in [2.24, 2.45) is 0 Å². The summed E-state index contributed by atoms with van der Waals surface area (Å²) in [4.78, 5) is 28.9. The Labute approximate surface area is 164 Å². The van der Waals surface area contributed by atoms with Crippen LogP contribution in [0.2, 0.25) is 0 Å². The highest BCUT2D eigenvalue weighted by atomic mass is 19.1. The molecule has 0 saturated carbocycles. The number of nitrogens with one attached hydrogen (secondary N) is 2. The molecule has 0 spiro atoms. The number of nitrogens with zero attached hydrogens (tertiary/aromatic N) is 4. The van der Waals surface area contributed by atoms with E-state index in [0.717, 1.165) is 10.2 Å². The quantitative estimate of drug-likeness (QED) is 0.557. The van der Waals surface area contributed by atoms with Gasteiger partial charge in [-0.3, -0.25) is 14.7 Å². The minimum Gasteiger partial charge on any atom is -0.321 e. The van der Waals surface area contributed by atoms with Gasteiger partial charge < -0.3 is 5.32 Å². The van der Waals surface area contributed by atoms with Gasteiger partial charge in [0.1, 0.15) is 17.3 Å². The molecule has 144 valence electrons. The zero-order valence-electron chi connectivity index (χ0n) is 15.3. The van der Waals surface area contributed by atoms with Crippen LogP contribution in [0.25, 0.3) is 17.1 Å². The fourth-order valence-corrected chi connectivity index (χ4v) is 2.67. The van der Waals surface area contributed by atoms with Crippen LogP contribution in [0.1, 0.15) is 16.3 Å². The number of amides is 1. The number of aromatic amines is 1. The molecule has 0 atom stereocenters. The molecular weight excluding hydrogens is 375 g/mol. The average molecular weight is 390 g/mol. The number of carbonyl (C=O) groups is 1. The van der Waals surface area contributed by atoms with Gasteiger partial charge in [0, 0.05) is 17.3 Å². The molecule has 2 aromatic heterocycles. The van der Waals surface area contributed by atoms with Crippen molar-refractivity contribution in [3.63, 3.8) is 0 Å². The highest BCUT2D eigenvalue weighted by Crippen LogP contribution is 2.18. The highest BCUT2D eigenvalue weighted by molar-refractivity contribution is 6.02. The van der Waals surface area contributed by atoms with Gasteiger partial charge in [-0.2, -0.15) is 14.9 Å². The summed E-state index contributed by atoms with van der Waals surface area (Å²) < 4.78 is 14.2. The molecule has 2 N–H and O–H groups in total. The summed E-state index contributed by atoms with van der Waals surface area (Å²) in [5.74, 6) is 0.356. The van der Waals surface area contributed by atoms with Crippen molar-refractivity contribution in [3.05, 3.63) is 88.4 Å². The van der Waals surface area contributed by atoms with Crippen LogP contribution < -0.4 is 10.9 Å². The summed E-state index contributed by atoms with van der Waals surface area (Å²) in [6.07, 6.45) is 0. The van der Waals surface area contributed by atoms with Gasteiger partial charge in [-0.1, -0.05) is 0 Å². The molecule has 0 saturated heterocycles. The van der Waals surface area contributed by atoms with Crippen molar-refractivity contribution in [2.75, 3.05) is 5.32 Å². The number of rotatable bonds is 4. The fraction of sp³-hybridized carbons (Fsp3) is 0.0500. The monoisotopic (exact) mass is 390 g/mol. The van der Waals surface area contributed by atoms with Crippen molar-refractivity contribution >= 4 is 11.6 Å². The summed E-state index contributed by atoms with van der Waals surface area (Å²) in [5, 5.41) is 13.7. The van der Waals surface area contributed by atoms with Crippen molar-refractivity contribution < 1.29 is 9.18 Å². The standard InChI is InChI=1S/C20H15FN6O2/c1-12-22-19(25-24-12)13-2-6-15(7-3-13)23-20(29)17-10-11-18(28)27(26-17)16-8-4-14(21)5-9-16/h2-11H,1H3,(H,23,29)(H,22,24,25). The first-order valence-electron chi connectivity index (χ1n) is 8.67. The number of anilines is 1. The molecular formula is C20H15FN6O2. The second-order valence-corrected chi connectivity index (χ2v) is 6.22. The molecule has 0 aliphatic carbocycles. The number of aryl methyl sites for hydroxylation is 1. The molecule has 4 aromatic rings. The molecule has 8 nitrogen and oxygen atoms in total. The summed E-state index contributed by atoms with van der Waals surface area (Å²) in [7, 11) is 0. The van der Waals surface area contributed by atoms with Gasteiger partial charge in [-0.05, 0) is 61.5 Å². The van der Waals surface area contributed by atoms with Gasteiger partial charge in [-0.25, -0.2) is 9.37 Å². The van der Waals surface area contributed by atoms with Crippen LogP contribution in [0.5, 0.6) is 0 Å². The second kappa shape index (κ2) is 7.47. The Balaban J connectivity index is 1.55. The lowest BCUT2D eigenvalue weighted by Gasteiger charge is -2.08. The van der Waals surface area contributed by atoms with Crippen molar-refractivity contribution in [1.29, 1.82) is 0 Å². The topological polar surface area (TPSA) is 106 Å². The number of hydrogen-bond donors (Lipinski definition) is 2. The Kier molecular flexibility index (Phi) is 4.70. The van der Waals surface area contributed by atoms with E-state index in [1.54, 1.807) is 24.3 Å². The Hall–Kier alpha value is -4.14. The lowest BCUT2D eigenvalue weighted by molar-refractivity contribution is 0.102. The number of aromatic nitrogens is 5. The fourth-order valence-electron chi connectivity index (χ4n) is 2.67. The van der Waals surface area contributed by atoms with Crippen LogP contribution in [-0.2, 0) is 0 Å². The van der Waals surface area contributed by atoms with E-state index in [2.05, 4.69) is 25.6 Å². The molecule has 2 heterocycles. The summed E-state index contributed by atoms with van der Waals surface area (Å²) >= 11 is 0. The van der Waals surface area contributed by atoms with E-state index in [1.807, 2.05) is 6.92 Å². The molecule has 0 unspecified atom stereocenters. The van der Waals surface area contributed by atoms with E-state index in [4.69, 9.17) is 0 Å². The van der Waals surface area contributed by atoms with E-state index >= 15 is 0 Å². The molecule has 0 aliphatic rings. The number of halogens is 1. The maximum absolute atomic E-state index is 13.1. The van der Waals surface area contributed by atoms with Crippen LogP contribution in [0, 0.1) is 12.7 Å². The molecule has 4 rings (SSSR count). The lowest BCUT2D eigenvalue weighted by atomic mass is 10.2. The third kappa shape index (κ3) is 3.93. The van der Waals surface area contributed by atoms with Crippen LogP contribution in [0.4, 0.5) is 10.1 Å². The largest absolute Gasteiger partial charge is 0.321 e. The second-order valence-electron chi connectivity index (χ2n) is 6.22. The van der Waals surface area contributed by atoms with Gasteiger partial charge in [0.25, 0.3) is 11.5 Å². The molecule has 0 fully saturated rings. The summed E-state index contributed by atoms with van der Waals surface area (Å²) in [5.41, 5.74) is 1.32. The number of hydrogen-bond acceptors (Lipinski definition) is 5. The maximum Gasteiger partial charge on any atom is 0.276 e. The van der Waals surface area contributed by atoms with Gasteiger partial charge in [0.15, 0.2) is 5.82 Å². The van der Waals surface area contributed by atoms with Crippen LogP contribution in [0.15, 0.2) is 65.5 Å². The zero-order chi connectivity index (χ0) is 20.4. The third-order valence-corrected chi connectivity index (χ3v) is 4.10. The molecule has 0 aliphatic heterocycles. The number of carbonyl (C=O) groups excluding carboxylic acids is 1. The predicted molar refractivity (Wildman–Crippen MR) is 104 cm³/mol. The van der Waals surface area contributed by atoms with Crippen molar-refractivity contribution in [3.8, 4) is 17.1 Å². The minimum absolute atomic E-state index is 0.0441. The molecule has 2 aromatic carbocycles. The maximum atomic E-state index is 13.1.